The summed E-state index contributed by atoms with van der Waals surface area (Å²) < 4.78 is 0. The Kier molecular flexibility index (Phi) is 2.95. The van der Waals surface area contributed by atoms with Crippen LogP contribution < -0.4 is 0 Å². The molecule has 1 heteroatoms. The highest BCUT2D eigenvalue weighted by Crippen LogP contribution is 2.50. The molecule has 0 heterocycles. The third kappa shape index (κ3) is 1.82. The van der Waals surface area contributed by atoms with Crippen molar-refractivity contribution >= 4 is 5.78 Å². The number of rotatable bonds is 4. The van der Waals surface area contributed by atoms with Crippen LogP contribution in [0.5, 0.6) is 0 Å². The number of hydrogen-bond acceptors (Lipinski definition) is 1. The van der Waals surface area contributed by atoms with E-state index in [-0.39, 0.29) is 5.78 Å². The van der Waals surface area contributed by atoms with Gasteiger partial charge in [0.05, 0.1) is 0 Å². The van der Waals surface area contributed by atoms with E-state index in [1.165, 1.54) is 0 Å². The summed E-state index contributed by atoms with van der Waals surface area (Å²) in [7, 11) is 0. The van der Waals surface area contributed by atoms with E-state index in [1.807, 2.05) is 19.1 Å². The second kappa shape index (κ2) is 4.25. The summed E-state index contributed by atoms with van der Waals surface area (Å²) >= 11 is 0. The molecule has 0 amide bonds. The lowest BCUT2D eigenvalue weighted by molar-refractivity contribution is -0.111. The smallest absolute Gasteiger partial charge is 0.192 e. The SMILES string of the molecule is C=C/C(=C\CC)C(=O)C1=CC2C(C)C2C=C1. The van der Waals surface area contributed by atoms with Crippen LogP contribution in [-0.2, 0) is 4.79 Å². The van der Waals surface area contributed by atoms with E-state index >= 15 is 0 Å². The summed E-state index contributed by atoms with van der Waals surface area (Å²) in [6.07, 6.45) is 10.7. The van der Waals surface area contributed by atoms with E-state index in [4.69, 9.17) is 0 Å². The molecule has 0 N–H and O–H groups in total. The first kappa shape index (κ1) is 11.1. The molecule has 2 aliphatic rings. The van der Waals surface area contributed by atoms with Crippen LogP contribution in [0.15, 0.2) is 48.1 Å². The van der Waals surface area contributed by atoms with E-state index in [0.29, 0.717) is 17.8 Å². The molecule has 3 unspecified atom stereocenters. The number of hydrogen-bond donors (Lipinski definition) is 0. The van der Waals surface area contributed by atoms with Crippen LogP contribution in [0.3, 0.4) is 0 Å². The van der Waals surface area contributed by atoms with Crippen molar-refractivity contribution in [2.45, 2.75) is 20.3 Å². The number of allylic oxidation sites excluding steroid dienone is 7. The Morgan fingerprint density at radius 3 is 2.81 bits per heavy atom. The highest BCUT2D eigenvalue weighted by Gasteiger charge is 2.45. The Balaban J connectivity index is 2.17. The number of carbonyl (C=O) groups excluding carboxylic acids is 1. The number of fused-ring (bicyclic) bond motifs is 1. The van der Waals surface area contributed by atoms with Crippen molar-refractivity contribution in [3.05, 3.63) is 48.1 Å². The molecule has 1 fully saturated rings. The molecule has 0 radical (unpaired) electrons. The van der Waals surface area contributed by atoms with Gasteiger partial charge >= 0.3 is 0 Å². The standard InChI is InChI=1S/C15H18O/c1-4-6-11(5-2)15(16)12-7-8-13-10(3)14(13)9-12/h5-10,13-14H,2,4H2,1,3H3/b11-6+. The minimum absolute atomic E-state index is 0.116. The molecule has 0 bridgehead atoms. The van der Waals surface area contributed by atoms with Crippen molar-refractivity contribution in [1.82, 2.24) is 0 Å². The van der Waals surface area contributed by atoms with Crippen molar-refractivity contribution in [2.24, 2.45) is 17.8 Å². The average Bonchev–Trinajstić information content (AvgIpc) is 2.96. The van der Waals surface area contributed by atoms with E-state index in [9.17, 15) is 4.79 Å². The molecular formula is C15H18O. The summed E-state index contributed by atoms with van der Waals surface area (Å²) in [6.45, 7) is 7.96. The third-order valence-corrected chi connectivity index (χ3v) is 3.56. The first-order valence-electron chi connectivity index (χ1n) is 5.96. The van der Waals surface area contributed by atoms with Crippen molar-refractivity contribution < 1.29 is 4.79 Å². The van der Waals surface area contributed by atoms with Crippen LogP contribution >= 0.6 is 0 Å². The Labute approximate surface area is 97.2 Å². The number of carbonyl (C=O) groups is 1. The first-order chi connectivity index (χ1) is 7.69. The van der Waals surface area contributed by atoms with Gasteiger partial charge in [-0.2, -0.15) is 0 Å². The lowest BCUT2D eigenvalue weighted by Gasteiger charge is -2.05. The van der Waals surface area contributed by atoms with Crippen LogP contribution in [0, 0.1) is 17.8 Å². The molecule has 0 aromatic carbocycles. The van der Waals surface area contributed by atoms with E-state index in [1.54, 1.807) is 6.08 Å². The molecule has 0 aromatic heterocycles. The van der Waals surface area contributed by atoms with Crippen LogP contribution in [0.4, 0.5) is 0 Å². The van der Waals surface area contributed by atoms with Crippen LogP contribution in [0.1, 0.15) is 20.3 Å². The molecule has 2 aliphatic carbocycles. The quantitative estimate of drug-likeness (QED) is 0.517. The van der Waals surface area contributed by atoms with E-state index in [2.05, 4.69) is 25.7 Å². The van der Waals surface area contributed by atoms with Crippen LogP contribution in [0.25, 0.3) is 0 Å². The maximum atomic E-state index is 12.1. The highest BCUT2D eigenvalue weighted by molar-refractivity contribution is 6.12. The fraction of sp³-hybridized carbons (Fsp3) is 0.400. The summed E-state index contributed by atoms with van der Waals surface area (Å²) in [6, 6.07) is 0. The fourth-order valence-corrected chi connectivity index (χ4v) is 2.38. The molecule has 1 nitrogen and oxygen atoms in total. The molecule has 0 spiro atoms. The Hall–Kier alpha value is -1.37. The lowest BCUT2D eigenvalue weighted by Crippen LogP contribution is -2.05. The zero-order valence-electron chi connectivity index (χ0n) is 9.94. The van der Waals surface area contributed by atoms with Gasteiger partial charge in [0.2, 0.25) is 0 Å². The van der Waals surface area contributed by atoms with Gasteiger partial charge in [0, 0.05) is 11.1 Å². The summed E-state index contributed by atoms with van der Waals surface area (Å²) in [5.74, 6) is 2.10. The minimum atomic E-state index is 0.116. The highest BCUT2D eigenvalue weighted by atomic mass is 16.1. The second-order valence-electron chi connectivity index (χ2n) is 4.60. The van der Waals surface area contributed by atoms with Gasteiger partial charge in [-0.1, -0.05) is 50.8 Å². The zero-order chi connectivity index (χ0) is 11.7. The summed E-state index contributed by atoms with van der Waals surface area (Å²) in [5, 5.41) is 0. The van der Waals surface area contributed by atoms with Gasteiger partial charge in [0.15, 0.2) is 5.78 Å². The predicted molar refractivity (Wildman–Crippen MR) is 66.9 cm³/mol. The molecule has 16 heavy (non-hydrogen) atoms. The Morgan fingerprint density at radius 1 is 1.50 bits per heavy atom. The number of Topliss-reactive ketones (excluding diaryl/α,β-unsaturated/α-hetero) is 1. The molecule has 3 atom stereocenters. The second-order valence-corrected chi connectivity index (χ2v) is 4.60. The molecule has 0 saturated heterocycles. The maximum Gasteiger partial charge on any atom is 0.192 e. The van der Waals surface area contributed by atoms with Gasteiger partial charge in [-0.3, -0.25) is 4.79 Å². The van der Waals surface area contributed by atoms with Gasteiger partial charge in [-0.25, -0.2) is 0 Å². The Bertz CT molecular complexity index is 409. The maximum absolute atomic E-state index is 12.1. The number of ketones is 1. The van der Waals surface area contributed by atoms with Crippen LogP contribution in [0.2, 0.25) is 0 Å². The molecule has 1 saturated carbocycles. The summed E-state index contributed by atoms with van der Waals surface area (Å²) in [4.78, 5) is 12.1. The normalized spacial score (nSPS) is 31.8. The summed E-state index contributed by atoms with van der Waals surface area (Å²) in [5.41, 5.74) is 1.57. The van der Waals surface area contributed by atoms with E-state index < -0.39 is 0 Å². The molecule has 84 valence electrons. The Morgan fingerprint density at radius 2 is 2.25 bits per heavy atom. The van der Waals surface area contributed by atoms with Gasteiger partial charge in [0.1, 0.15) is 0 Å². The molecule has 2 rings (SSSR count). The van der Waals surface area contributed by atoms with Crippen LogP contribution in [-0.4, -0.2) is 5.78 Å². The van der Waals surface area contributed by atoms with Crippen molar-refractivity contribution in [3.63, 3.8) is 0 Å². The molecule has 0 aliphatic heterocycles. The monoisotopic (exact) mass is 214 g/mol. The largest absolute Gasteiger partial charge is 0.289 e. The van der Waals surface area contributed by atoms with Gasteiger partial charge in [-0.05, 0) is 24.2 Å². The minimum Gasteiger partial charge on any atom is -0.289 e. The van der Waals surface area contributed by atoms with Gasteiger partial charge < -0.3 is 0 Å². The average molecular weight is 214 g/mol. The lowest BCUT2D eigenvalue weighted by atomic mass is 9.98. The van der Waals surface area contributed by atoms with E-state index in [0.717, 1.165) is 17.6 Å². The first-order valence-corrected chi connectivity index (χ1v) is 5.96. The van der Waals surface area contributed by atoms with Gasteiger partial charge in [-0.15, -0.1) is 0 Å². The molecular weight excluding hydrogens is 196 g/mol. The molecule has 0 aromatic rings. The van der Waals surface area contributed by atoms with Crippen molar-refractivity contribution in [3.8, 4) is 0 Å². The third-order valence-electron chi connectivity index (χ3n) is 3.56. The topological polar surface area (TPSA) is 17.1 Å². The van der Waals surface area contributed by atoms with Crippen molar-refractivity contribution in [2.75, 3.05) is 0 Å². The van der Waals surface area contributed by atoms with Crippen molar-refractivity contribution in [1.29, 1.82) is 0 Å². The zero-order valence-corrected chi connectivity index (χ0v) is 9.94. The fourth-order valence-electron chi connectivity index (χ4n) is 2.38. The predicted octanol–water partition coefficient (Wildman–Crippen LogP) is 3.46. The van der Waals surface area contributed by atoms with Gasteiger partial charge in [0.25, 0.3) is 0 Å².